The van der Waals surface area contributed by atoms with E-state index in [0.717, 1.165) is 11.4 Å². The second-order valence-electron chi connectivity index (χ2n) is 12.5. The molecule has 0 bridgehead atoms. The predicted molar refractivity (Wildman–Crippen MR) is 215 cm³/mol. The SMILES string of the molecule is c1cc(-c2ccccc2N(c2ccc3sc4ccccc4c3c2)c2cccc3c2sc2ccccc23)cc(-c2cccc3ccccc23)c1. The molecule has 0 saturated heterocycles. The van der Waals surface area contributed by atoms with E-state index in [1.165, 1.54) is 79.1 Å². The number of fused-ring (bicyclic) bond motifs is 7. The monoisotopic (exact) mass is 659 g/mol. The Bertz CT molecular complexity index is 2850. The van der Waals surface area contributed by atoms with Gasteiger partial charge in [-0.1, -0.05) is 127 Å². The first-order chi connectivity index (χ1) is 24.3. The van der Waals surface area contributed by atoms with Crippen LogP contribution in [0.5, 0.6) is 0 Å². The first-order valence-corrected chi connectivity index (χ1v) is 18.2. The predicted octanol–water partition coefficient (Wildman–Crippen LogP) is 14.4. The quantitative estimate of drug-likeness (QED) is 0.178. The lowest BCUT2D eigenvalue weighted by atomic mass is 9.94. The lowest BCUT2D eigenvalue weighted by Gasteiger charge is -2.28. The summed E-state index contributed by atoms with van der Waals surface area (Å²) in [6.45, 7) is 0. The molecule has 0 aliphatic rings. The Balaban J connectivity index is 1.22. The van der Waals surface area contributed by atoms with Crippen LogP contribution in [-0.4, -0.2) is 0 Å². The van der Waals surface area contributed by atoms with Gasteiger partial charge in [0.15, 0.2) is 0 Å². The molecule has 1 nitrogen and oxygen atoms in total. The van der Waals surface area contributed by atoms with E-state index < -0.39 is 0 Å². The molecule has 3 heteroatoms. The molecule has 0 fully saturated rings. The molecule has 8 aromatic carbocycles. The van der Waals surface area contributed by atoms with Crippen LogP contribution in [-0.2, 0) is 0 Å². The van der Waals surface area contributed by atoms with Crippen LogP contribution in [0.25, 0.3) is 73.4 Å². The Labute approximate surface area is 292 Å². The van der Waals surface area contributed by atoms with E-state index in [4.69, 9.17) is 0 Å². The molecule has 0 saturated carbocycles. The Morgan fingerprint density at radius 1 is 0.347 bits per heavy atom. The molecular formula is C46H29NS2. The van der Waals surface area contributed by atoms with E-state index in [0.29, 0.717) is 0 Å². The third kappa shape index (κ3) is 4.66. The van der Waals surface area contributed by atoms with Crippen molar-refractivity contribution in [1.29, 1.82) is 0 Å². The molecule has 0 N–H and O–H groups in total. The third-order valence-corrected chi connectivity index (χ3v) is 12.0. The van der Waals surface area contributed by atoms with Gasteiger partial charge in [0, 0.05) is 46.9 Å². The van der Waals surface area contributed by atoms with Gasteiger partial charge in [0.05, 0.1) is 16.1 Å². The van der Waals surface area contributed by atoms with Crippen LogP contribution in [0, 0.1) is 0 Å². The van der Waals surface area contributed by atoms with E-state index >= 15 is 0 Å². The summed E-state index contributed by atoms with van der Waals surface area (Å²) in [4.78, 5) is 2.49. The molecule has 10 rings (SSSR count). The minimum Gasteiger partial charge on any atom is -0.308 e. The highest BCUT2D eigenvalue weighted by atomic mass is 32.1. The van der Waals surface area contributed by atoms with Crippen molar-refractivity contribution in [3.63, 3.8) is 0 Å². The fourth-order valence-corrected chi connectivity index (χ4v) is 9.71. The molecule has 230 valence electrons. The van der Waals surface area contributed by atoms with Crippen LogP contribution in [0.4, 0.5) is 17.1 Å². The molecule has 10 aromatic rings. The highest BCUT2D eigenvalue weighted by molar-refractivity contribution is 7.26. The van der Waals surface area contributed by atoms with Crippen molar-refractivity contribution in [2.45, 2.75) is 0 Å². The molecule has 0 aliphatic carbocycles. The van der Waals surface area contributed by atoms with Crippen molar-refractivity contribution in [1.82, 2.24) is 0 Å². The van der Waals surface area contributed by atoms with Gasteiger partial charge in [0.25, 0.3) is 0 Å². The fraction of sp³-hybridized carbons (Fsp3) is 0. The molecule has 0 radical (unpaired) electrons. The maximum Gasteiger partial charge on any atom is 0.0640 e. The summed E-state index contributed by atoms with van der Waals surface area (Å²) in [5.41, 5.74) is 8.34. The average molecular weight is 660 g/mol. The van der Waals surface area contributed by atoms with E-state index in [9.17, 15) is 0 Å². The lowest BCUT2D eigenvalue weighted by molar-refractivity contribution is 1.31. The van der Waals surface area contributed by atoms with Crippen molar-refractivity contribution in [2.24, 2.45) is 0 Å². The Morgan fingerprint density at radius 3 is 1.80 bits per heavy atom. The summed E-state index contributed by atoms with van der Waals surface area (Å²) in [6.07, 6.45) is 0. The zero-order valence-electron chi connectivity index (χ0n) is 26.5. The Morgan fingerprint density at radius 2 is 0.918 bits per heavy atom. The molecule has 0 spiro atoms. The van der Waals surface area contributed by atoms with Crippen LogP contribution in [0.15, 0.2) is 176 Å². The first-order valence-electron chi connectivity index (χ1n) is 16.6. The molecule has 2 heterocycles. The second kappa shape index (κ2) is 11.5. The normalized spacial score (nSPS) is 11.7. The fourth-order valence-electron chi connectivity index (χ4n) is 7.41. The van der Waals surface area contributed by atoms with Gasteiger partial charge in [0.1, 0.15) is 0 Å². The smallest absolute Gasteiger partial charge is 0.0640 e. The number of hydrogen-bond donors (Lipinski definition) is 0. The van der Waals surface area contributed by atoms with E-state index in [-0.39, 0.29) is 0 Å². The minimum absolute atomic E-state index is 1.15. The van der Waals surface area contributed by atoms with Crippen LogP contribution >= 0.6 is 22.7 Å². The maximum absolute atomic E-state index is 2.49. The van der Waals surface area contributed by atoms with Gasteiger partial charge in [-0.05, 0) is 76.0 Å². The van der Waals surface area contributed by atoms with Gasteiger partial charge in [0.2, 0.25) is 0 Å². The largest absolute Gasteiger partial charge is 0.308 e. The van der Waals surface area contributed by atoms with Crippen molar-refractivity contribution >= 4 is 90.9 Å². The zero-order chi connectivity index (χ0) is 32.3. The second-order valence-corrected chi connectivity index (χ2v) is 14.6. The molecule has 0 atom stereocenters. The van der Waals surface area contributed by atoms with Crippen molar-refractivity contribution in [3.05, 3.63) is 176 Å². The van der Waals surface area contributed by atoms with Crippen molar-refractivity contribution in [3.8, 4) is 22.3 Å². The number of rotatable bonds is 5. The standard InChI is InChI=1S/C46H29NS2/c1-2-16-34-30(12-1)13-10-20-35(34)31-14-9-15-32(28-31)36-17-3-6-22-41(36)47(33-26-27-45-40(29-33)38-19-5-7-24-43(38)48-45)42-23-11-21-39-37-18-4-8-25-44(37)49-46(39)42/h1-29H. The first kappa shape index (κ1) is 28.3. The summed E-state index contributed by atoms with van der Waals surface area (Å²) in [6, 6.07) is 64.5. The number of hydrogen-bond acceptors (Lipinski definition) is 3. The minimum atomic E-state index is 1.15. The van der Waals surface area contributed by atoms with Crippen LogP contribution < -0.4 is 4.90 Å². The van der Waals surface area contributed by atoms with E-state index in [1.807, 2.05) is 22.7 Å². The highest BCUT2D eigenvalue weighted by Crippen LogP contribution is 2.48. The van der Waals surface area contributed by atoms with Crippen molar-refractivity contribution in [2.75, 3.05) is 4.90 Å². The van der Waals surface area contributed by atoms with Gasteiger partial charge in [-0.2, -0.15) is 0 Å². The zero-order valence-corrected chi connectivity index (χ0v) is 28.1. The summed E-state index contributed by atoms with van der Waals surface area (Å²) in [5, 5.41) is 7.72. The number of benzene rings is 8. The molecule has 2 aromatic heterocycles. The molecule has 49 heavy (non-hydrogen) atoms. The molecular weight excluding hydrogens is 631 g/mol. The molecule has 0 unspecified atom stereocenters. The summed E-state index contributed by atoms with van der Waals surface area (Å²) < 4.78 is 5.22. The number of para-hydroxylation sites is 1. The van der Waals surface area contributed by atoms with Crippen molar-refractivity contribution < 1.29 is 0 Å². The summed E-state index contributed by atoms with van der Waals surface area (Å²) in [5.74, 6) is 0. The maximum atomic E-state index is 2.49. The van der Waals surface area contributed by atoms with Gasteiger partial charge in [-0.3, -0.25) is 0 Å². The lowest BCUT2D eigenvalue weighted by Crippen LogP contribution is -2.11. The molecule has 0 aliphatic heterocycles. The summed E-state index contributed by atoms with van der Waals surface area (Å²) in [7, 11) is 0. The van der Waals surface area contributed by atoms with Gasteiger partial charge in [-0.15, -0.1) is 22.7 Å². The molecule has 0 amide bonds. The Hall–Kier alpha value is -5.74. The highest BCUT2D eigenvalue weighted by Gasteiger charge is 2.22. The van der Waals surface area contributed by atoms with E-state index in [2.05, 4.69) is 181 Å². The summed E-state index contributed by atoms with van der Waals surface area (Å²) >= 11 is 3.74. The van der Waals surface area contributed by atoms with Crippen LogP contribution in [0.3, 0.4) is 0 Å². The van der Waals surface area contributed by atoms with Gasteiger partial charge >= 0.3 is 0 Å². The number of anilines is 3. The van der Waals surface area contributed by atoms with Crippen LogP contribution in [0.1, 0.15) is 0 Å². The topological polar surface area (TPSA) is 3.24 Å². The van der Waals surface area contributed by atoms with Gasteiger partial charge in [-0.25, -0.2) is 0 Å². The van der Waals surface area contributed by atoms with Crippen LogP contribution in [0.2, 0.25) is 0 Å². The average Bonchev–Trinajstić information content (AvgIpc) is 3.74. The third-order valence-electron chi connectivity index (χ3n) is 9.66. The Kier molecular flexibility index (Phi) is 6.61. The van der Waals surface area contributed by atoms with E-state index in [1.54, 1.807) is 0 Å². The number of thiophene rings is 2. The van der Waals surface area contributed by atoms with Gasteiger partial charge < -0.3 is 4.90 Å². The number of nitrogens with zero attached hydrogens (tertiary/aromatic N) is 1.